The van der Waals surface area contributed by atoms with Crippen LogP contribution in [0.3, 0.4) is 0 Å². The second-order valence-electron chi connectivity index (χ2n) is 5.58. The van der Waals surface area contributed by atoms with Crippen LogP contribution in [0, 0.1) is 0 Å². The Kier molecular flexibility index (Phi) is 4.87. The van der Waals surface area contributed by atoms with Crippen molar-refractivity contribution in [3.63, 3.8) is 0 Å². The van der Waals surface area contributed by atoms with Gasteiger partial charge >= 0.3 is 0 Å². The van der Waals surface area contributed by atoms with Gasteiger partial charge in [-0.2, -0.15) is 0 Å². The molecule has 0 saturated carbocycles. The lowest BCUT2D eigenvalue weighted by Gasteiger charge is -2.44. The quantitative estimate of drug-likeness (QED) is 0.919. The first kappa shape index (κ1) is 14.8. The maximum absolute atomic E-state index is 5.59. The van der Waals surface area contributed by atoms with Crippen LogP contribution in [0.2, 0.25) is 0 Å². The number of morpholine rings is 1. The third kappa shape index (κ3) is 3.50. The lowest BCUT2D eigenvalue weighted by Crippen LogP contribution is -2.53. The second kappa shape index (κ2) is 6.25. The minimum atomic E-state index is 0.0456. The van der Waals surface area contributed by atoms with E-state index in [1.54, 1.807) is 0 Å². The fraction of sp³-hybridized carbons (Fsp3) is 0.600. The van der Waals surface area contributed by atoms with Crippen LogP contribution < -0.4 is 10.2 Å². The number of halogens is 1. The SMILES string of the molecule is CCNCc1ccc(N2CCOCC2(C)C)c(Br)c1. The van der Waals surface area contributed by atoms with Crippen LogP contribution in [-0.4, -0.2) is 31.8 Å². The highest BCUT2D eigenvalue weighted by molar-refractivity contribution is 9.10. The predicted octanol–water partition coefficient (Wildman–Crippen LogP) is 3.17. The van der Waals surface area contributed by atoms with Gasteiger partial charge in [0.05, 0.1) is 24.4 Å². The summed E-state index contributed by atoms with van der Waals surface area (Å²) in [5.74, 6) is 0. The number of hydrogen-bond acceptors (Lipinski definition) is 3. The van der Waals surface area contributed by atoms with Crippen molar-refractivity contribution < 1.29 is 4.74 Å². The molecule has 0 spiro atoms. The minimum absolute atomic E-state index is 0.0456. The van der Waals surface area contributed by atoms with E-state index in [4.69, 9.17) is 4.74 Å². The molecule has 19 heavy (non-hydrogen) atoms. The summed E-state index contributed by atoms with van der Waals surface area (Å²) in [6.45, 7) is 11.0. The summed E-state index contributed by atoms with van der Waals surface area (Å²) >= 11 is 3.72. The molecule has 0 unspecified atom stereocenters. The number of ether oxygens (including phenoxy) is 1. The van der Waals surface area contributed by atoms with E-state index in [-0.39, 0.29) is 5.54 Å². The van der Waals surface area contributed by atoms with E-state index in [1.807, 2.05) is 0 Å². The van der Waals surface area contributed by atoms with Gasteiger partial charge in [-0.15, -0.1) is 0 Å². The first-order chi connectivity index (χ1) is 9.04. The number of nitrogens with zero attached hydrogens (tertiary/aromatic N) is 1. The molecule has 1 heterocycles. The van der Waals surface area contributed by atoms with Gasteiger partial charge in [-0.25, -0.2) is 0 Å². The number of hydrogen-bond donors (Lipinski definition) is 1. The van der Waals surface area contributed by atoms with Crippen molar-refractivity contribution in [2.24, 2.45) is 0 Å². The smallest absolute Gasteiger partial charge is 0.0694 e. The van der Waals surface area contributed by atoms with E-state index in [0.29, 0.717) is 0 Å². The van der Waals surface area contributed by atoms with Crippen molar-refractivity contribution in [1.29, 1.82) is 0 Å². The van der Waals surface area contributed by atoms with Crippen molar-refractivity contribution in [3.05, 3.63) is 28.2 Å². The van der Waals surface area contributed by atoms with Gasteiger partial charge < -0.3 is 15.0 Å². The van der Waals surface area contributed by atoms with Crippen molar-refractivity contribution in [2.75, 3.05) is 31.2 Å². The molecule has 3 nitrogen and oxygen atoms in total. The average molecular weight is 327 g/mol. The topological polar surface area (TPSA) is 24.5 Å². The molecule has 1 saturated heterocycles. The number of rotatable bonds is 4. The molecule has 0 bridgehead atoms. The molecule has 1 aliphatic heterocycles. The maximum Gasteiger partial charge on any atom is 0.0694 e. The van der Waals surface area contributed by atoms with E-state index >= 15 is 0 Å². The van der Waals surface area contributed by atoms with Gasteiger partial charge in [-0.05, 0) is 54.0 Å². The van der Waals surface area contributed by atoms with Crippen LogP contribution in [0.25, 0.3) is 0 Å². The van der Waals surface area contributed by atoms with Gasteiger partial charge in [-0.3, -0.25) is 0 Å². The molecule has 4 heteroatoms. The summed E-state index contributed by atoms with van der Waals surface area (Å²) in [7, 11) is 0. The summed E-state index contributed by atoms with van der Waals surface area (Å²) in [6, 6.07) is 6.63. The zero-order valence-corrected chi connectivity index (χ0v) is 13.6. The summed E-state index contributed by atoms with van der Waals surface area (Å²) in [5, 5.41) is 3.35. The van der Waals surface area contributed by atoms with Crippen LogP contribution in [0.5, 0.6) is 0 Å². The number of nitrogens with one attached hydrogen (secondary N) is 1. The highest BCUT2D eigenvalue weighted by Crippen LogP contribution is 2.33. The molecule has 1 aromatic rings. The predicted molar refractivity (Wildman–Crippen MR) is 83.8 cm³/mol. The summed E-state index contributed by atoms with van der Waals surface area (Å²) in [4.78, 5) is 2.43. The van der Waals surface area contributed by atoms with Gasteiger partial charge in [0.2, 0.25) is 0 Å². The molecule has 1 aromatic carbocycles. The van der Waals surface area contributed by atoms with E-state index in [9.17, 15) is 0 Å². The standard InChI is InChI=1S/C15H23BrN2O/c1-4-17-10-12-5-6-14(13(16)9-12)18-7-8-19-11-15(18,2)3/h5-6,9,17H,4,7-8,10-11H2,1-3H3. The average Bonchev–Trinajstić information content (AvgIpc) is 2.37. The fourth-order valence-electron chi connectivity index (χ4n) is 2.45. The monoisotopic (exact) mass is 326 g/mol. The van der Waals surface area contributed by atoms with Crippen LogP contribution in [0.1, 0.15) is 26.3 Å². The molecule has 106 valence electrons. The maximum atomic E-state index is 5.59. The van der Waals surface area contributed by atoms with Crippen LogP contribution in [0.15, 0.2) is 22.7 Å². The third-order valence-electron chi connectivity index (χ3n) is 3.53. The molecular weight excluding hydrogens is 304 g/mol. The molecule has 0 amide bonds. The molecular formula is C15H23BrN2O. The molecule has 1 fully saturated rings. The number of benzene rings is 1. The van der Waals surface area contributed by atoms with E-state index in [0.717, 1.165) is 37.3 Å². The molecule has 0 radical (unpaired) electrons. The Morgan fingerprint density at radius 1 is 1.42 bits per heavy atom. The van der Waals surface area contributed by atoms with Crippen molar-refractivity contribution in [1.82, 2.24) is 5.32 Å². The second-order valence-corrected chi connectivity index (χ2v) is 6.44. The molecule has 0 aliphatic carbocycles. The first-order valence-electron chi connectivity index (χ1n) is 6.89. The molecule has 1 N–H and O–H groups in total. The Labute approximate surface area is 124 Å². The molecule has 2 rings (SSSR count). The molecule has 0 aromatic heterocycles. The fourth-order valence-corrected chi connectivity index (χ4v) is 3.09. The van der Waals surface area contributed by atoms with Gasteiger partial charge in [0.1, 0.15) is 0 Å². The van der Waals surface area contributed by atoms with E-state index < -0.39 is 0 Å². The third-order valence-corrected chi connectivity index (χ3v) is 4.16. The Balaban J connectivity index is 2.20. The lowest BCUT2D eigenvalue weighted by molar-refractivity contribution is 0.0643. The zero-order valence-electron chi connectivity index (χ0n) is 12.0. The summed E-state index contributed by atoms with van der Waals surface area (Å²) in [6.07, 6.45) is 0. The highest BCUT2D eigenvalue weighted by atomic mass is 79.9. The Morgan fingerprint density at radius 2 is 2.21 bits per heavy atom. The Morgan fingerprint density at radius 3 is 2.84 bits per heavy atom. The van der Waals surface area contributed by atoms with Gasteiger partial charge in [-0.1, -0.05) is 13.0 Å². The van der Waals surface area contributed by atoms with Crippen molar-refractivity contribution >= 4 is 21.6 Å². The zero-order chi connectivity index (χ0) is 13.9. The molecule has 1 aliphatic rings. The van der Waals surface area contributed by atoms with Gasteiger partial charge in [0.25, 0.3) is 0 Å². The molecule has 0 atom stereocenters. The minimum Gasteiger partial charge on any atom is -0.377 e. The lowest BCUT2D eigenvalue weighted by atomic mass is 10.0. The largest absolute Gasteiger partial charge is 0.377 e. The summed E-state index contributed by atoms with van der Waals surface area (Å²) in [5.41, 5.74) is 2.61. The highest BCUT2D eigenvalue weighted by Gasteiger charge is 2.31. The van der Waals surface area contributed by atoms with Crippen LogP contribution in [-0.2, 0) is 11.3 Å². The summed E-state index contributed by atoms with van der Waals surface area (Å²) < 4.78 is 6.75. The Bertz CT molecular complexity index is 434. The van der Waals surface area contributed by atoms with Crippen molar-refractivity contribution in [2.45, 2.75) is 32.9 Å². The van der Waals surface area contributed by atoms with Crippen LogP contribution >= 0.6 is 15.9 Å². The normalized spacial score (nSPS) is 18.6. The van der Waals surface area contributed by atoms with E-state index in [1.165, 1.54) is 11.3 Å². The first-order valence-corrected chi connectivity index (χ1v) is 7.68. The van der Waals surface area contributed by atoms with Gasteiger partial charge in [0, 0.05) is 17.6 Å². The van der Waals surface area contributed by atoms with Gasteiger partial charge in [0.15, 0.2) is 0 Å². The number of anilines is 1. The van der Waals surface area contributed by atoms with E-state index in [2.05, 4.69) is 65.1 Å². The van der Waals surface area contributed by atoms with Crippen LogP contribution in [0.4, 0.5) is 5.69 Å². The van der Waals surface area contributed by atoms with Crippen molar-refractivity contribution in [3.8, 4) is 0 Å². The Hall–Kier alpha value is -0.580.